The van der Waals surface area contributed by atoms with Crippen molar-refractivity contribution in [3.8, 4) is 0 Å². The Balaban J connectivity index is 1.74. The summed E-state index contributed by atoms with van der Waals surface area (Å²) in [7, 11) is 0. The molecule has 0 spiro atoms. The van der Waals surface area contributed by atoms with Gasteiger partial charge in [-0.3, -0.25) is 14.8 Å². The van der Waals surface area contributed by atoms with Crippen molar-refractivity contribution in [1.82, 2.24) is 4.98 Å². The molecule has 0 aliphatic carbocycles. The topological polar surface area (TPSA) is 77.6 Å². The average Bonchev–Trinajstić information content (AvgIpc) is 3.14. The molecule has 3 atom stereocenters. The summed E-state index contributed by atoms with van der Waals surface area (Å²) in [6.45, 7) is -1.63. The van der Waals surface area contributed by atoms with Crippen LogP contribution in [0.2, 0.25) is 0 Å². The number of fused-ring (bicyclic) bond motifs is 1. The molecule has 10 heteroatoms. The number of alkyl halides is 2. The van der Waals surface area contributed by atoms with Gasteiger partial charge in [-0.25, -0.2) is 22.0 Å². The predicted molar refractivity (Wildman–Crippen MR) is 101 cm³/mol. The molecule has 2 N–H and O–H groups in total. The summed E-state index contributed by atoms with van der Waals surface area (Å²) in [5, 5.41) is 0. The van der Waals surface area contributed by atoms with Crippen LogP contribution >= 0.6 is 0 Å². The van der Waals surface area contributed by atoms with Crippen LogP contribution in [-0.4, -0.2) is 42.2 Å². The van der Waals surface area contributed by atoms with Crippen LogP contribution in [0, 0.1) is 23.4 Å². The molecule has 2 aliphatic rings. The van der Waals surface area contributed by atoms with Gasteiger partial charge >= 0.3 is 0 Å². The third-order valence-electron chi connectivity index (χ3n) is 5.81. The molecule has 1 saturated heterocycles. The molecule has 3 heterocycles. The number of nitrogens with two attached hydrogens (primary N) is 1. The van der Waals surface area contributed by atoms with Crippen molar-refractivity contribution < 1.29 is 31.5 Å². The molecule has 0 saturated carbocycles. The lowest BCUT2D eigenvalue weighted by Gasteiger charge is -2.40. The second-order valence-electron chi connectivity index (χ2n) is 7.84. The highest BCUT2D eigenvalue weighted by atomic mass is 19.2. The molecule has 0 unspecified atom stereocenters. The van der Waals surface area contributed by atoms with Gasteiger partial charge in [0.05, 0.1) is 19.4 Å². The van der Waals surface area contributed by atoms with Crippen molar-refractivity contribution in [3.05, 3.63) is 64.7 Å². The molecular weight excluding hydrogens is 421 g/mol. The van der Waals surface area contributed by atoms with E-state index >= 15 is 0 Å². The van der Waals surface area contributed by atoms with E-state index < -0.39 is 59.3 Å². The number of rotatable bonds is 5. The van der Waals surface area contributed by atoms with E-state index in [0.717, 1.165) is 18.3 Å². The molecule has 2 aromatic rings. The van der Waals surface area contributed by atoms with Crippen LogP contribution in [0.15, 0.2) is 35.5 Å². The Morgan fingerprint density at radius 1 is 1.26 bits per heavy atom. The molecule has 164 valence electrons. The summed E-state index contributed by atoms with van der Waals surface area (Å²) in [5.41, 5.74) is 1.46. The Hall–Kier alpha value is -2.88. The van der Waals surface area contributed by atoms with Gasteiger partial charge in [0.2, 0.25) is 0 Å². The molecule has 1 aromatic heterocycles. The fourth-order valence-corrected chi connectivity index (χ4v) is 4.13. The molecule has 4 rings (SSSR count). The molecule has 0 radical (unpaired) electrons. The van der Waals surface area contributed by atoms with Gasteiger partial charge in [-0.05, 0) is 36.2 Å². The third-order valence-corrected chi connectivity index (χ3v) is 5.81. The van der Waals surface area contributed by atoms with E-state index in [0.29, 0.717) is 0 Å². The maximum Gasteiger partial charge on any atom is 0.195 e. The van der Waals surface area contributed by atoms with E-state index in [-0.39, 0.29) is 36.5 Å². The van der Waals surface area contributed by atoms with Crippen LogP contribution in [0.5, 0.6) is 0 Å². The van der Waals surface area contributed by atoms with Crippen molar-refractivity contribution in [2.75, 3.05) is 19.9 Å². The summed E-state index contributed by atoms with van der Waals surface area (Å²) in [6, 6.07) is 4.35. The van der Waals surface area contributed by atoms with Crippen LogP contribution in [-0.2, 0) is 16.7 Å². The van der Waals surface area contributed by atoms with Gasteiger partial charge in [-0.2, -0.15) is 0 Å². The molecule has 5 nitrogen and oxygen atoms in total. The highest BCUT2D eigenvalue weighted by molar-refractivity contribution is 5.95. The number of aliphatic imine (C=N–C) groups is 1. The number of pyridine rings is 1. The smallest absolute Gasteiger partial charge is 0.195 e. The lowest BCUT2D eigenvalue weighted by molar-refractivity contribution is 0.0988. The van der Waals surface area contributed by atoms with Gasteiger partial charge in [0, 0.05) is 17.9 Å². The fourth-order valence-electron chi connectivity index (χ4n) is 4.13. The Morgan fingerprint density at radius 3 is 2.71 bits per heavy atom. The highest BCUT2D eigenvalue weighted by Crippen LogP contribution is 2.48. The van der Waals surface area contributed by atoms with Crippen LogP contribution < -0.4 is 5.73 Å². The number of aromatic nitrogens is 1. The Kier molecular flexibility index (Phi) is 5.28. The van der Waals surface area contributed by atoms with Crippen LogP contribution in [0.25, 0.3) is 0 Å². The number of carbonyl (C=O) groups excluding carboxylic acids is 1. The normalized spacial score (nSPS) is 27.6. The van der Waals surface area contributed by atoms with Crippen molar-refractivity contribution in [3.63, 3.8) is 0 Å². The molecule has 0 amide bonds. The standard InChI is InChI=1S/C21H18F5N3O2/c22-9-20(26)6-12-8-31-10-21(12,29-19(20)27)14-3-11(4-15(24)18(14)25)5-17(30)16-2-1-13(23)7-28-16/h1-4,7,12H,5-6,8-10H2,(H2,27,29)/t12-,20+,21+/m1/s1. The number of nitrogens with zero attached hydrogens (tertiary/aromatic N) is 2. The summed E-state index contributed by atoms with van der Waals surface area (Å²) in [4.78, 5) is 20.2. The maximum atomic E-state index is 14.9. The number of amidine groups is 1. The largest absolute Gasteiger partial charge is 0.385 e. The van der Waals surface area contributed by atoms with E-state index in [1.807, 2.05) is 0 Å². The minimum Gasteiger partial charge on any atom is -0.385 e. The second kappa shape index (κ2) is 7.67. The van der Waals surface area contributed by atoms with Crippen molar-refractivity contribution in [1.29, 1.82) is 0 Å². The number of benzene rings is 1. The lowest BCUT2D eigenvalue weighted by Crippen LogP contribution is -2.53. The van der Waals surface area contributed by atoms with Crippen LogP contribution in [0.3, 0.4) is 0 Å². The number of ketones is 1. The first-order chi connectivity index (χ1) is 14.7. The van der Waals surface area contributed by atoms with Gasteiger partial charge in [0.25, 0.3) is 0 Å². The number of hydrogen-bond donors (Lipinski definition) is 1. The molecule has 1 fully saturated rings. The van der Waals surface area contributed by atoms with Crippen molar-refractivity contribution >= 4 is 11.6 Å². The van der Waals surface area contributed by atoms with Gasteiger partial charge in [-0.15, -0.1) is 0 Å². The minimum absolute atomic E-state index is 0.0355. The Labute approximate surface area is 174 Å². The van der Waals surface area contributed by atoms with E-state index in [2.05, 4.69) is 9.98 Å². The third kappa shape index (κ3) is 3.58. The fraction of sp³-hybridized carbons (Fsp3) is 0.381. The van der Waals surface area contributed by atoms with Crippen molar-refractivity contribution in [2.45, 2.75) is 24.0 Å². The van der Waals surface area contributed by atoms with Gasteiger partial charge in [0.1, 0.15) is 29.6 Å². The van der Waals surface area contributed by atoms with Gasteiger partial charge in [-0.1, -0.05) is 0 Å². The average molecular weight is 439 g/mol. The number of carbonyl (C=O) groups is 1. The number of ether oxygens (including phenoxy) is 1. The molecule has 1 aromatic carbocycles. The summed E-state index contributed by atoms with van der Waals surface area (Å²) in [6.07, 6.45) is 0.126. The van der Waals surface area contributed by atoms with E-state index in [1.165, 1.54) is 12.1 Å². The van der Waals surface area contributed by atoms with Gasteiger partial charge in [0.15, 0.2) is 23.1 Å². The van der Waals surface area contributed by atoms with E-state index in [4.69, 9.17) is 10.5 Å². The van der Waals surface area contributed by atoms with Crippen LogP contribution in [0.1, 0.15) is 28.0 Å². The maximum absolute atomic E-state index is 14.9. The van der Waals surface area contributed by atoms with Crippen molar-refractivity contribution in [2.24, 2.45) is 16.6 Å². The first-order valence-electron chi connectivity index (χ1n) is 9.50. The summed E-state index contributed by atoms with van der Waals surface area (Å²) in [5.74, 6) is -5.05. The molecule has 2 aliphatic heterocycles. The predicted octanol–water partition coefficient (Wildman–Crippen LogP) is 3.20. The lowest BCUT2D eigenvalue weighted by atomic mass is 9.72. The zero-order valence-electron chi connectivity index (χ0n) is 16.2. The Bertz CT molecular complexity index is 1060. The number of halogens is 5. The number of Topliss-reactive ketones (excluding diaryl/α,β-unsaturated/α-hetero) is 1. The van der Waals surface area contributed by atoms with Gasteiger partial charge < -0.3 is 10.5 Å². The second-order valence-corrected chi connectivity index (χ2v) is 7.84. The summed E-state index contributed by atoms with van der Waals surface area (Å²) < 4.78 is 75.7. The first kappa shape index (κ1) is 21.4. The number of hydrogen-bond acceptors (Lipinski definition) is 5. The highest BCUT2D eigenvalue weighted by Gasteiger charge is 2.56. The zero-order chi connectivity index (χ0) is 22.4. The quantitative estimate of drug-likeness (QED) is 0.574. The SMILES string of the molecule is NC1=N[C@@]2(c3cc(CC(=O)c4ccc(F)cn4)cc(F)c3F)COC[C@H]2C[C@]1(F)CF. The first-order valence-corrected chi connectivity index (χ1v) is 9.50. The zero-order valence-corrected chi connectivity index (χ0v) is 16.2. The molecule has 31 heavy (non-hydrogen) atoms. The monoisotopic (exact) mass is 439 g/mol. The summed E-state index contributed by atoms with van der Waals surface area (Å²) >= 11 is 0. The molecule has 0 bridgehead atoms. The minimum atomic E-state index is -2.50. The van der Waals surface area contributed by atoms with E-state index in [9.17, 15) is 26.7 Å². The molecular formula is C21H18F5N3O2. The van der Waals surface area contributed by atoms with E-state index in [1.54, 1.807) is 0 Å². The Morgan fingerprint density at radius 2 is 2.03 bits per heavy atom. The van der Waals surface area contributed by atoms with Crippen LogP contribution in [0.4, 0.5) is 22.0 Å².